The molecule has 0 bridgehead atoms. The van der Waals surface area contributed by atoms with Gasteiger partial charge in [0.2, 0.25) is 5.75 Å². The summed E-state index contributed by atoms with van der Waals surface area (Å²) in [5, 5.41) is 0.987. The Labute approximate surface area is 177 Å². The molecule has 0 aliphatic carbocycles. The fourth-order valence-electron chi connectivity index (χ4n) is 3.09. The number of aryl methyl sites for hydroxylation is 1. The van der Waals surface area contributed by atoms with Crippen molar-refractivity contribution in [1.29, 1.82) is 0 Å². The molecule has 30 heavy (non-hydrogen) atoms. The molecule has 0 aliphatic heterocycles. The maximum absolute atomic E-state index is 11.2. The number of rotatable bonds is 7. The Morgan fingerprint density at radius 3 is 2.03 bits per heavy atom. The van der Waals surface area contributed by atoms with E-state index in [4.69, 9.17) is 14.2 Å². The van der Waals surface area contributed by atoms with Crippen molar-refractivity contribution in [3.8, 4) is 17.2 Å². The summed E-state index contributed by atoms with van der Waals surface area (Å²) in [7, 11) is 8.30. The van der Waals surface area contributed by atoms with Gasteiger partial charge in [-0.1, -0.05) is 12.6 Å². The Morgan fingerprint density at radius 1 is 0.967 bits per heavy atom. The van der Waals surface area contributed by atoms with E-state index in [1.54, 1.807) is 28.4 Å². The molecule has 1 heterocycles. The molecule has 0 spiro atoms. The lowest BCUT2D eigenvalue weighted by Crippen LogP contribution is -1.97. The zero-order chi connectivity index (χ0) is 22.3. The fourth-order valence-corrected chi connectivity index (χ4v) is 3.09. The summed E-state index contributed by atoms with van der Waals surface area (Å²) in [6.07, 6.45) is 0.855. The third kappa shape index (κ3) is 4.66. The number of nitrogens with zero attached hydrogens (tertiary/aromatic N) is 1. The largest absolute Gasteiger partial charge is 0.493 e. The van der Waals surface area contributed by atoms with Crippen LogP contribution in [-0.4, -0.2) is 45.9 Å². The van der Waals surface area contributed by atoms with Gasteiger partial charge in [0, 0.05) is 31.7 Å². The molecule has 0 saturated heterocycles. The first-order valence-electron chi connectivity index (χ1n) is 9.48. The first-order chi connectivity index (χ1) is 14.4. The lowest BCUT2D eigenvalue weighted by molar-refractivity contribution is 0.111. The SMILES string of the molecule is C=C(c1cc(OC)c(OC)c(OC)c1)c1ccc2c(c1)cc(C=O)n2C.CCOC. The van der Waals surface area contributed by atoms with Crippen LogP contribution in [0.3, 0.4) is 0 Å². The first-order valence-corrected chi connectivity index (χ1v) is 9.48. The minimum atomic E-state index is 0.542. The average Bonchev–Trinajstić information content (AvgIpc) is 3.12. The summed E-state index contributed by atoms with van der Waals surface area (Å²) >= 11 is 0. The zero-order valence-electron chi connectivity index (χ0n) is 18.4. The molecule has 6 heteroatoms. The molecule has 0 unspecified atom stereocenters. The molecule has 0 saturated carbocycles. The smallest absolute Gasteiger partial charge is 0.203 e. The number of carbonyl (C=O) groups excluding carboxylic acids is 1. The highest BCUT2D eigenvalue weighted by molar-refractivity contribution is 5.92. The minimum absolute atomic E-state index is 0.542. The Morgan fingerprint density at radius 2 is 1.57 bits per heavy atom. The number of methoxy groups -OCH3 is 4. The molecule has 0 fully saturated rings. The van der Waals surface area contributed by atoms with Gasteiger partial charge in [-0.3, -0.25) is 4.79 Å². The van der Waals surface area contributed by atoms with E-state index in [0.717, 1.165) is 40.5 Å². The Bertz CT molecular complexity index is 1010. The van der Waals surface area contributed by atoms with Crippen LogP contribution in [0.2, 0.25) is 0 Å². The average molecular weight is 411 g/mol. The lowest BCUT2D eigenvalue weighted by atomic mass is 9.97. The number of hydrogen-bond donors (Lipinski definition) is 0. The lowest BCUT2D eigenvalue weighted by Gasteiger charge is -2.15. The molecule has 3 aromatic rings. The van der Waals surface area contributed by atoms with Crippen LogP contribution in [0.5, 0.6) is 17.2 Å². The number of ether oxygens (including phenoxy) is 4. The second-order valence-electron chi connectivity index (χ2n) is 6.49. The van der Waals surface area contributed by atoms with Crippen LogP contribution < -0.4 is 14.2 Å². The highest BCUT2D eigenvalue weighted by atomic mass is 16.5. The molecular weight excluding hydrogens is 382 g/mol. The van der Waals surface area contributed by atoms with Crippen molar-refractivity contribution in [2.75, 3.05) is 35.0 Å². The summed E-state index contributed by atoms with van der Waals surface area (Å²) < 4.78 is 22.6. The predicted octanol–water partition coefficient (Wildman–Crippen LogP) is 4.73. The minimum Gasteiger partial charge on any atom is -0.493 e. The van der Waals surface area contributed by atoms with Crippen molar-refractivity contribution in [2.24, 2.45) is 7.05 Å². The second-order valence-corrected chi connectivity index (χ2v) is 6.49. The second kappa shape index (κ2) is 10.5. The van der Waals surface area contributed by atoms with Crippen LogP contribution in [0.4, 0.5) is 0 Å². The molecule has 160 valence electrons. The van der Waals surface area contributed by atoms with E-state index in [9.17, 15) is 4.79 Å². The number of aromatic nitrogens is 1. The molecule has 3 rings (SSSR count). The van der Waals surface area contributed by atoms with Gasteiger partial charge in [-0.25, -0.2) is 0 Å². The maximum atomic E-state index is 11.2. The van der Waals surface area contributed by atoms with E-state index in [1.165, 1.54) is 0 Å². The van der Waals surface area contributed by atoms with Crippen LogP contribution in [0.15, 0.2) is 43.0 Å². The van der Waals surface area contributed by atoms with Crippen molar-refractivity contribution in [1.82, 2.24) is 4.57 Å². The monoisotopic (exact) mass is 411 g/mol. The van der Waals surface area contributed by atoms with Gasteiger partial charge in [-0.15, -0.1) is 0 Å². The van der Waals surface area contributed by atoms with Gasteiger partial charge in [0.1, 0.15) is 0 Å². The molecule has 0 N–H and O–H groups in total. The van der Waals surface area contributed by atoms with Gasteiger partial charge in [-0.05, 0) is 54.0 Å². The normalized spacial score (nSPS) is 10.2. The van der Waals surface area contributed by atoms with Crippen molar-refractivity contribution < 1.29 is 23.7 Å². The molecular formula is C24H29NO5. The number of benzene rings is 2. The summed E-state index contributed by atoms with van der Waals surface area (Å²) in [5.74, 6) is 1.69. The quantitative estimate of drug-likeness (QED) is 0.526. The summed E-state index contributed by atoms with van der Waals surface area (Å²) in [5.41, 5.74) is 4.27. The van der Waals surface area contributed by atoms with Gasteiger partial charge < -0.3 is 23.5 Å². The van der Waals surface area contributed by atoms with Gasteiger partial charge in [0.25, 0.3) is 0 Å². The van der Waals surface area contributed by atoms with E-state index in [1.807, 2.05) is 54.9 Å². The van der Waals surface area contributed by atoms with Gasteiger partial charge >= 0.3 is 0 Å². The third-order valence-corrected chi connectivity index (χ3v) is 4.85. The molecule has 0 aliphatic rings. The molecule has 1 aromatic heterocycles. The van der Waals surface area contributed by atoms with Gasteiger partial charge in [0.05, 0.1) is 27.0 Å². The molecule has 0 amide bonds. The summed E-state index contributed by atoms with van der Waals surface area (Å²) in [6.45, 7) is 7.01. The highest BCUT2D eigenvalue weighted by Crippen LogP contribution is 2.41. The van der Waals surface area contributed by atoms with Crippen molar-refractivity contribution >= 4 is 22.8 Å². The topological polar surface area (TPSA) is 58.9 Å². The number of fused-ring (bicyclic) bond motifs is 1. The van der Waals surface area contributed by atoms with Crippen molar-refractivity contribution in [3.63, 3.8) is 0 Å². The highest BCUT2D eigenvalue weighted by Gasteiger charge is 2.16. The van der Waals surface area contributed by atoms with Crippen LogP contribution in [0.1, 0.15) is 28.5 Å². The number of hydrogen-bond acceptors (Lipinski definition) is 5. The maximum Gasteiger partial charge on any atom is 0.203 e. The van der Waals surface area contributed by atoms with Crippen LogP contribution in [-0.2, 0) is 11.8 Å². The van der Waals surface area contributed by atoms with E-state index >= 15 is 0 Å². The van der Waals surface area contributed by atoms with E-state index in [0.29, 0.717) is 22.9 Å². The Hall–Kier alpha value is -3.25. The molecule has 0 radical (unpaired) electrons. The zero-order valence-corrected chi connectivity index (χ0v) is 18.4. The summed E-state index contributed by atoms with van der Waals surface area (Å²) in [6, 6.07) is 11.6. The van der Waals surface area contributed by atoms with Crippen LogP contribution >= 0.6 is 0 Å². The van der Waals surface area contributed by atoms with Crippen LogP contribution in [0.25, 0.3) is 16.5 Å². The molecule has 2 aromatic carbocycles. The van der Waals surface area contributed by atoms with E-state index in [-0.39, 0.29) is 0 Å². The predicted molar refractivity (Wildman–Crippen MR) is 120 cm³/mol. The fraction of sp³-hybridized carbons (Fsp3) is 0.292. The van der Waals surface area contributed by atoms with Gasteiger partial charge in [0.15, 0.2) is 17.8 Å². The van der Waals surface area contributed by atoms with Crippen LogP contribution in [0, 0.1) is 0 Å². The third-order valence-electron chi connectivity index (χ3n) is 4.85. The standard InChI is InChI=1S/C21H21NO4.C3H8O/c1-13(15-10-19(24-3)21(26-5)20(11-15)25-4)14-6-7-18-16(8-14)9-17(12-23)22(18)2;1-3-4-2/h6-12H,1H2,2-5H3;3H2,1-2H3. The number of carbonyl (C=O) groups is 1. The van der Waals surface area contributed by atoms with Crippen molar-refractivity contribution in [2.45, 2.75) is 6.92 Å². The molecule has 6 nitrogen and oxygen atoms in total. The van der Waals surface area contributed by atoms with E-state index < -0.39 is 0 Å². The van der Waals surface area contributed by atoms with E-state index in [2.05, 4.69) is 11.3 Å². The summed E-state index contributed by atoms with van der Waals surface area (Å²) in [4.78, 5) is 11.2. The van der Waals surface area contributed by atoms with Gasteiger partial charge in [-0.2, -0.15) is 0 Å². The Balaban J connectivity index is 0.000000735. The van der Waals surface area contributed by atoms with Crippen molar-refractivity contribution in [3.05, 3.63) is 59.8 Å². The Kier molecular flexibility index (Phi) is 8.07. The number of aldehydes is 1. The molecule has 0 atom stereocenters. The first kappa shape index (κ1) is 23.0.